The average molecular weight is 231 g/mol. The summed E-state index contributed by atoms with van der Waals surface area (Å²) in [6.45, 7) is 3.99. The Labute approximate surface area is 103 Å². The summed E-state index contributed by atoms with van der Waals surface area (Å²) < 4.78 is 0. The Hall–Kier alpha value is -1.15. The molecule has 1 aromatic rings. The average Bonchev–Trinajstić information content (AvgIpc) is 2.80. The molecule has 1 saturated carbocycles. The van der Waals surface area contributed by atoms with Crippen LogP contribution in [-0.4, -0.2) is 17.9 Å². The molecule has 1 aliphatic rings. The molecule has 92 valence electrons. The zero-order valence-electron chi connectivity index (χ0n) is 10.7. The number of aryl methyl sites for hydroxylation is 1. The number of carbonyl (C=O) groups is 1. The van der Waals surface area contributed by atoms with Crippen molar-refractivity contribution in [3.8, 4) is 0 Å². The van der Waals surface area contributed by atoms with E-state index < -0.39 is 0 Å². The Balaban J connectivity index is 1.98. The summed E-state index contributed by atoms with van der Waals surface area (Å²) in [5.41, 5.74) is 1.96. The standard InChI is InChI=1S/C15H21NO/c1-11-6-5-7-13(10-11)15(17)12(2)16-14-8-3-4-9-14/h5-7,10,12,14,16H,3-4,8-9H2,1-2H3. The number of nitrogens with one attached hydrogen (secondary N) is 1. The van der Waals surface area contributed by atoms with Gasteiger partial charge in [0.1, 0.15) is 0 Å². The highest BCUT2D eigenvalue weighted by atomic mass is 16.1. The van der Waals surface area contributed by atoms with Crippen molar-refractivity contribution < 1.29 is 4.79 Å². The van der Waals surface area contributed by atoms with Gasteiger partial charge in [0.05, 0.1) is 6.04 Å². The third-order valence-corrected chi connectivity index (χ3v) is 3.54. The van der Waals surface area contributed by atoms with Crippen molar-refractivity contribution in [2.75, 3.05) is 0 Å². The van der Waals surface area contributed by atoms with Gasteiger partial charge < -0.3 is 5.32 Å². The molecule has 17 heavy (non-hydrogen) atoms. The normalized spacial score (nSPS) is 18.2. The molecule has 0 aromatic heterocycles. The van der Waals surface area contributed by atoms with Crippen molar-refractivity contribution in [2.45, 2.75) is 51.6 Å². The lowest BCUT2D eigenvalue weighted by atomic mass is 10.0. The third kappa shape index (κ3) is 3.16. The molecule has 1 aliphatic carbocycles. The minimum Gasteiger partial charge on any atom is -0.305 e. The lowest BCUT2D eigenvalue weighted by molar-refractivity contribution is 0.0944. The molecule has 1 atom stereocenters. The molecule has 0 bridgehead atoms. The van der Waals surface area contributed by atoms with Crippen molar-refractivity contribution in [1.29, 1.82) is 0 Å². The summed E-state index contributed by atoms with van der Waals surface area (Å²) in [5, 5.41) is 3.45. The van der Waals surface area contributed by atoms with Gasteiger partial charge in [-0.3, -0.25) is 4.79 Å². The molecule has 0 heterocycles. The minimum atomic E-state index is -0.0695. The van der Waals surface area contributed by atoms with Gasteiger partial charge in [0, 0.05) is 11.6 Å². The van der Waals surface area contributed by atoms with E-state index in [0.29, 0.717) is 6.04 Å². The van der Waals surface area contributed by atoms with Gasteiger partial charge in [-0.05, 0) is 32.8 Å². The third-order valence-electron chi connectivity index (χ3n) is 3.54. The number of rotatable bonds is 4. The minimum absolute atomic E-state index is 0.0695. The van der Waals surface area contributed by atoms with Gasteiger partial charge in [0.2, 0.25) is 0 Å². The van der Waals surface area contributed by atoms with Crippen LogP contribution in [0.3, 0.4) is 0 Å². The van der Waals surface area contributed by atoms with Gasteiger partial charge in [-0.15, -0.1) is 0 Å². The van der Waals surface area contributed by atoms with E-state index in [2.05, 4.69) is 5.32 Å². The van der Waals surface area contributed by atoms with Gasteiger partial charge in [-0.1, -0.05) is 36.6 Å². The van der Waals surface area contributed by atoms with E-state index in [9.17, 15) is 4.79 Å². The largest absolute Gasteiger partial charge is 0.305 e. The highest BCUT2D eigenvalue weighted by Gasteiger charge is 2.21. The van der Waals surface area contributed by atoms with Crippen LogP contribution in [0.2, 0.25) is 0 Å². The highest BCUT2D eigenvalue weighted by molar-refractivity contribution is 6.00. The summed E-state index contributed by atoms with van der Waals surface area (Å²) in [6, 6.07) is 8.31. The maximum Gasteiger partial charge on any atom is 0.179 e. The number of ketones is 1. The molecule has 1 aromatic carbocycles. The van der Waals surface area contributed by atoms with Crippen molar-refractivity contribution in [3.05, 3.63) is 35.4 Å². The zero-order chi connectivity index (χ0) is 12.3. The summed E-state index contributed by atoms with van der Waals surface area (Å²) in [4.78, 5) is 12.2. The Morgan fingerprint density at radius 1 is 1.35 bits per heavy atom. The molecule has 2 rings (SSSR count). The van der Waals surface area contributed by atoms with Crippen molar-refractivity contribution in [2.24, 2.45) is 0 Å². The van der Waals surface area contributed by atoms with Crippen molar-refractivity contribution >= 4 is 5.78 Å². The summed E-state index contributed by atoms with van der Waals surface area (Å²) in [7, 11) is 0. The van der Waals surface area contributed by atoms with Crippen LogP contribution in [0.15, 0.2) is 24.3 Å². The van der Waals surface area contributed by atoms with Crippen LogP contribution in [0.1, 0.15) is 48.5 Å². The molecule has 1 fully saturated rings. The molecule has 2 nitrogen and oxygen atoms in total. The summed E-state index contributed by atoms with van der Waals surface area (Å²) in [6.07, 6.45) is 5.02. The monoisotopic (exact) mass is 231 g/mol. The van der Waals surface area contributed by atoms with Crippen LogP contribution in [0.4, 0.5) is 0 Å². The maximum absolute atomic E-state index is 12.2. The smallest absolute Gasteiger partial charge is 0.179 e. The molecular formula is C15H21NO. The Kier molecular flexibility index (Phi) is 3.95. The molecule has 1 N–H and O–H groups in total. The molecule has 0 amide bonds. The SMILES string of the molecule is Cc1cccc(C(=O)C(C)NC2CCCC2)c1. The second-order valence-corrected chi connectivity index (χ2v) is 5.10. The van der Waals surface area contributed by atoms with Crippen molar-refractivity contribution in [3.63, 3.8) is 0 Å². The molecule has 0 radical (unpaired) electrons. The molecule has 1 unspecified atom stereocenters. The Morgan fingerprint density at radius 2 is 2.06 bits per heavy atom. The van der Waals surface area contributed by atoms with Gasteiger partial charge in [0.15, 0.2) is 5.78 Å². The molecule has 2 heteroatoms. The maximum atomic E-state index is 12.2. The predicted octanol–water partition coefficient (Wildman–Crippen LogP) is 3.10. The number of benzene rings is 1. The Bertz CT molecular complexity index is 394. The first-order valence-corrected chi connectivity index (χ1v) is 6.54. The van der Waals surface area contributed by atoms with Crippen LogP contribution in [0.5, 0.6) is 0 Å². The number of hydrogen-bond acceptors (Lipinski definition) is 2. The second-order valence-electron chi connectivity index (χ2n) is 5.10. The first-order valence-electron chi connectivity index (χ1n) is 6.54. The van der Waals surface area contributed by atoms with Crippen LogP contribution in [-0.2, 0) is 0 Å². The Morgan fingerprint density at radius 3 is 2.71 bits per heavy atom. The molecule has 0 spiro atoms. The second kappa shape index (κ2) is 5.46. The summed E-state index contributed by atoms with van der Waals surface area (Å²) >= 11 is 0. The lowest BCUT2D eigenvalue weighted by Gasteiger charge is -2.18. The first-order chi connectivity index (χ1) is 8.16. The predicted molar refractivity (Wildman–Crippen MR) is 70.4 cm³/mol. The van der Waals surface area contributed by atoms with Crippen LogP contribution < -0.4 is 5.32 Å². The highest BCUT2D eigenvalue weighted by Crippen LogP contribution is 2.18. The van der Waals surface area contributed by atoms with Gasteiger partial charge in [-0.2, -0.15) is 0 Å². The van der Waals surface area contributed by atoms with E-state index in [4.69, 9.17) is 0 Å². The lowest BCUT2D eigenvalue weighted by Crippen LogP contribution is -2.40. The van der Waals surface area contributed by atoms with Gasteiger partial charge in [0.25, 0.3) is 0 Å². The molecule has 0 saturated heterocycles. The van der Waals surface area contributed by atoms with Crippen LogP contribution in [0.25, 0.3) is 0 Å². The van der Waals surface area contributed by atoms with E-state index in [0.717, 1.165) is 11.1 Å². The fraction of sp³-hybridized carbons (Fsp3) is 0.533. The quantitative estimate of drug-likeness (QED) is 0.807. The summed E-state index contributed by atoms with van der Waals surface area (Å²) in [5.74, 6) is 0.209. The zero-order valence-corrected chi connectivity index (χ0v) is 10.7. The molecular weight excluding hydrogens is 210 g/mol. The molecule has 0 aliphatic heterocycles. The number of hydrogen-bond donors (Lipinski definition) is 1. The first kappa shape index (κ1) is 12.3. The fourth-order valence-corrected chi connectivity index (χ4v) is 2.57. The van der Waals surface area contributed by atoms with E-state index >= 15 is 0 Å². The topological polar surface area (TPSA) is 29.1 Å². The van der Waals surface area contributed by atoms with Crippen molar-refractivity contribution in [1.82, 2.24) is 5.32 Å². The van der Waals surface area contributed by atoms with Crippen LogP contribution in [0, 0.1) is 6.92 Å². The van der Waals surface area contributed by atoms with Crippen LogP contribution >= 0.6 is 0 Å². The fourth-order valence-electron chi connectivity index (χ4n) is 2.57. The van der Waals surface area contributed by atoms with Gasteiger partial charge in [-0.25, -0.2) is 0 Å². The number of carbonyl (C=O) groups excluding carboxylic acids is 1. The van der Waals surface area contributed by atoms with E-state index in [1.54, 1.807) is 0 Å². The van der Waals surface area contributed by atoms with E-state index in [1.807, 2.05) is 38.1 Å². The van der Waals surface area contributed by atoms with E-state index in [1.165, 1.54) is 25.7 Å². The van der Waals surface area contributed by atoms with E-state index in [-0.39, 0.29) is 11.8 Å². The number of Topliss-reactive ketones (excluding diaryl/α,β-unsaturated/α-hetero) is 1. The van der Waals surface area contributed by atoms with Gasteiger partial charge >= 0.3 is 0 Å².